The lowest BCUT2D eigenvalue weighted by molar-refractivity contribution is -0.00292. The molecule has 4 aliphatic rings. The molecule has 1 aromatic heterocycles. The summed E-state index contributed by atoms with van der Waals surface area (Å²) in [5, 5.41) is 0. The molecule has 0 spiro atoms. The second-order valence-corrected chi connectivity index (χ2v) is 13.1. The minimum atomic E-state index is -0.742. The molecule has 1 saturated carbocycles. The van der Waals surface area contributed by atoms with Crippen LogP contribution in [0.1, 0.15) is 75.9 Å². The van der Waals surface area contributed by atoms with Crippen molar-refractivity contribution < 1.29 is 28.2 Å². The van der Waals surface area contributed by atoms with Gasteiger partial charge in [-0.15, -0.1) is 0 Å². The number of anilines is 1. The normalized spacial score (nSPS) is 28.0. The first-order valence-corrected chi connectivity index (χ1v) is 14.0. The van der Waals surface area contributed by atoms with Crippen molar-refractivity contribution in [3.8, 4) is 6.01 Å². The van der Waals surface area contributed by atoms with Crippen LogP contribution in [0, 0.1) is 12.3 Å². The zero-order valence-corrected chi connectivity index (χ0v) is 24.1. The van der Waals surface area contributed by atoms with Gasteiger partial charge in [0.1, 0.15) is 17.3 Å². The minimum absolute atomic E-state index is 0.00582. The molecule has 2 bridgehead atoms. The van der Waals surface area contributed by atoms with Gasteiger partial charge < -0.3 is 19.1 Å². The molecular formula is C28H42FN5O5. The zero-order chi connectivity index (χ0) is 28.2. The number of halogens is 1. The third-order valence-electron chi connectivity index (χ3n) is 8.49. The van der Waals surface area contributed by atoms with Crippen LogP contribution in [0.15, 0.2) is 0 Å². The second kappa shape index (κ2) is 10.1. The number of methoxy groups -OCH3 is 1. The number of piperazine rings is 1. The van der Waals surface area contributed by atoms with Gasteiger partial charge in [-0.05, 0) is 66.7 Å². The molecular weight excluding hydrogens is 505 g/mol. The highest BCUT2D eigenvalue weighted by atomic mass is 19.1. The van der Waals surface area contributed by atoms with Crippen LogP contribution < -0.4 is 9.64 Å². The van der Waals surface area contributed by atoms with Gasteiger partial charge in [-0.1, -0.05) is 0 Å². The van der Waals surface area contributed by atoms with E-state index in [1.54, 1.807) is 6.92 Å². The Morgan fingerprint density at radius 2 is 1.87 bits per heavy atom. The number of rotatable bonds is 7. The molecule has 10 nitrogen and oxygen atoms in total. The Bertz CT molecular complexity index is 1120. The molecule has 39 heavy (non-hydrogen) atoms. The Kier molecular flexibility index (Phi) is 7.18. The molecule has 4 heterocycles. The second-order valence-electron chi connectivity index (χ2n) is 13.1. The van der Waals surface area contributed by atoms with Crippen LogP contribution in [0.4, 0.5) is 15.0 Å². The molecule has 1 amide bonds. The third-order valence-corrected chi connectivity index (χ3v) is 8.49. The van der Waals surface area contributed by atoms with E-state index >= 15 is 0 Å². The molecule has 1 aliphatic carbocycles. The SMILES string of the molecule is COC(=O)c1c(C)nc(OCC2(CN3CC[C@@H](F)C3)CC2)nc1N1C[C@H]2CC[C@@](C)(C1)N2C(=O)OC(C)(C)C. The van der Waals surface area contributed by atoms with E-state index in [2.05, 4.69) is 21.7 Å². The first-order valence-electron chi connectivity index (χ1n) is 14.0. The Morgan fingerprint density at radius 1 is 1.13 bits per heavy atom. The number of carbonyl (C=O) groups excluding carboxylic acids is 2. The average Bonchev–Trinajstić information content (AvgIpc) is 3.43. The fraction of sp³-hybridized carbons (Fsp3) is 0.786. The number of aryl methyl sites for hydroxylation is 1. The lowest BCUT2D eigenvalue weighted by Crippen LogP contribution is -2.63. The van der Waals surface area contributed by atoms with Gasteiger partial charge in [0.25, 0.3) is 0 Å². The van der Waals surface area contributed by atoms with Crippen LogP contribution in [-0.4, -0.2) is 102 Å². The van der Waals surface area contributed by atoms with Crippen molar-refractivity contribution in [3.63, 3.8) is 0 Å². The summed E-state index contributed by atoms with van der Waals surface area (Å²) in [6.45, 7) is 13.0. The lowest BCUT2D eigenvalue weighted by Gasteiger charge is -2.47. The maximum atomic E-state index is 13.7. The van der Waals surface area contributed by atoms with E-state index in [1.807, 2.05) is 25.7 Å². The predicted octanol–water partition coefficient (Wildman–Crippen LogP) is 3.75. The van der Waals surface area contributed by atoms with E-state index in [0.717, 1.165) is 38.8 Å². The number of carbonyl (C=O) groups is 2. The number of likely N-dealkylation sites (tertiary alicyclic amines) is 1. The largest absolute Gasteiger partial charge is 0.465 e. The van der Waals surface area contributed by atoms with E-state index in [-0.39, 0.29) is 23.6 Å². The van der Waals surface area contributed by atoms with Gasteiger partial charge >= 0.3 is 18.1 Å². The van der Waals surface area contributed by atoms with Gasteiger partial charge in [0.05, 0.1) is 31.0 Å². The van der Waals surface area contributed by atoms with Crippen molar-refractivity contribution in [1.29, 1.82) is 0 Å². The fourth-order valence-corrected chi connectivity index (χ4v) is 6.38. The Hall–Kier alpha value is -2.69. The first-order chi connectivity index (χ1) is 18.3. The number of esters is 1. The van der Waals surface area contributed by atoms with E-state index in [9.17, 15) is 14.0 Å². The van der Waals surface area contributed by atoms with Gasteiger partial charge in [-0.3, -0.25) is 9.80 Å². The summed E-state index contributed by atoms with van der Waals surface area (Å²) in [5.41, 5.74) is -0.266. The first kappa shape index (κ1) is 27.9. The van der Waals surface area contributed by atoms with Crippen LogP contribution in [0.2, 0.25) is 0 Å². The molecule has 3 saturated heterocycles. The number of fused-ring (bicyclic) bond motifs is 2. The molecule has 3 atom stereocenters. The summed E-state index contributed by atoms with van der Waals surface area (Å²) in [6.07, 6.45) is 3.26. The number of ether oxygens (including phenoxy) is 3. The van der Waals surface area contributed by atoms with Gasteiger partial charge in [-0.2, -0.15) is 9.97 Å². The predicted molar refractivity (Wildman–Crippen MR) is 143 cm³/mol. The molecule has 0 aromatic carbocycles. The topological polar surface area (TPSA) is 97.3 Å². The maximum absolute atomic E-state index is 13.7. The molecule has 5 rings (SSSR count). The van der Waals surface area contributed by atoms with Crippen molar-refractivity contribution in [1.82, 2.24) is 19.8 Å². The number of aromatic nitrogens is 2. The highest BCUT2D eigenvalue weighted by molar-refractivity contribution is 5.96. The molecule has 3 aliphatic heterocycles. The van der Waals surface area contributed by atoms with Crippen molar-refractivity contribution in [2.24, 2.45) is 5.41 Å². The quantitative estimate of drug-likeness (QED) is 0.473. The van der Waals surface area contributed by atoms with E-state index < -0.39 is 23.3 Å². The van der Waals surface area contributed by atoms with Crippen LogP contribution in [0.25, 0.3) is 0 Å². The number of hydrogen-bond acceptors (Lipinski definition) is 9. The smallest absolute Gasteiger partial charge is 0.411 e. The summed E-state index contributed by atoms with van der Waals surface area (Å²) in [6, 6.07) is 0.150. The molecule has 0 radical (unpaired) electrons. The van der Waals surface area contributed by atoms with Gasteiger partial charge in [0.2, 0.25) is 0 Å². The molecule has 1 aromatic rings. The minimum Gasteiger partial charge on any atom is -0.465 e. The lowest BCUT2D eigenvalue weighted by atomic mass is 9.97. The van der Waals surface area contributed by atoms with E-state index in [1.165, 1.54) is 7.11 Å². The van der Waals surface area contributed by atoms with Crippen LogP contribution in [0.5, 0.6) is 6.01 Å². The molecule has 216 valence electrons. The van der Waals surface area contributed by atoms with Gasteiger partial charge in [0.15, 0.2) is 5.82 Å². The third kappa shape index (κ3) is 5.78. The van der Waals surface area contributed by atoms with Gasteiger partial charge in [-0.25, -0.2) is 14.0 Å². The summed E-state index contributed by atoms with van der Waals surface area (Å²) in [7, 11) is 1.35. The number of hydrogen-bond donors (Lipinski definition) is 0. The van der Waals surface area contributed by atoms with E-state index in [4.69, 9.17) is 19.2 Å². The van der Waals surface area contributed by atoms with Crippen molar-refractivity contribution in [3.05, 3.63) is 11.3 Å². The summed E-state index contributed by atoms with van der Waals surface area (Å²) in [4.78, 5) is 41.3. The van der Waals surface area contributed by atoms with Crippen LogP contribution in [-0.2, 0) is 9.47 Å². The highest BCUT2D eigenvalue weighted by Gasteiger charge is 2.53. The average molecular weight is 548 g/mol. The molecule has 0 unspecified atom stereocenters. The summed E-state index contributed by atoms with van der Waals surface area (Å²) < 4.78 is 30.7. The molecule has 0 N–H and O–H groups in total. The summed E-state index contributed by atoms with van der Waals surface area (Å²) in [5.74, 6) is -0.0365. The van der Waals surface area contributed by atoms with Crippen molar-refractivity contribution in [2.75, 3.05) is 51.3 Å². The van der Waals surface area contributed by atoms with Crippen LogP contribution in [0.3, 0.4) is 0 Å². The Morgan fingerprint density at radius 3 is 2.46 bits per heavy atom. The highest BCUT2D eigenvalue weighted by Crippen LogP contribution is 2.47. The van der Waals surface area contributed by atoms with Crippen molar-refractivity contribution in [2.45, 2.75) is 90.1 Å². The maximum Gasteiger partial charge on any atom is 0.411 e. The Labute approximate surface area is 230 Å². The van der Waals surface area contributed by atoms with Crippen LogP contribution >= 0.6 is 0 Å². The molecule has 11 heteroatoms. The fourth-order valence-electron chi connectivity index (χ4n) is 6.38. The van der Waals surface area contributed by atoms with Crippen molar-refractivity contribution >= 4 is 17.9 Å². The summed E-state index contributed by atoms with van der Waals surface area (Å²) >= 11 is 0. The zero-order valence-electron chi connectivity index (χ0n) is 24.1. The standard InChI is InChI=1S/C28H42FN5O5/c1-18-21(23(35)37-6)22(31-24(30-18)38-17-28(10-11-28)16-32-12-8-19(29)13-32)33-14-20-7-9-27(5,15-33)34(20)25(36)39-26(2,3)4/h19-20H,7-17H2,1-6H3/t19-,20-,27+/m1/s1. The monoisotopic (exact) mass is 547 g/mol. The number of amides is 1. The number of alkyl halides is 1. The Balaban J connectivity index is 1.36. The number of nitrogens with zero attached hydrogens (tertiary/aromatic N) is 5. The van der Waals surface area contributed by atoms with E-state index in [0.29, 0.717) is 49.7 Å². The van der Waals surface area contributed by atoms with Gasteiger partial charge in [0, 0.05) is 38.1 Å². The molecule has 4 fully saturated rings.